The lowest BCUT2D eigenvalue weighted by Gasteiger charge is -2.16. The van der Waals surface area contributed by atoms with Gasteiger partial charge in [0, 0.05) is 19.6 Å². The molecule has 0 unspecified atom stereocenters. The van der Waals surface area contributed by atoms with E-state index in [0.717, 1.165) is 13.1 Å². The maximum absolute atomic E-state index is 11.1. The van der Waals surface area contributed by atoms with Gasteiger partial charge in [0.2, 0.25) is 0 Å². The van der Waals surface area contributed by atoms with Crippen molar-refractivity contribution in [1.82, 2.24) is 4.90 Å². The molecule has 1 aromatic carbocycles. The summed E-state index contributed by atoms with van der Waals surface area (Å²) in [6.07, 6.45) is 0. The number of aryl methyl sites for hydroxylation is 1. The van der Waals surface area contributed by atoms with E-state index in [2.05, 4.69) is 24.0 Å². The molecule has 0 saturated carbocycles. The number of likely N-dealkylation sites (tertiary alicyclic amines) is 1. The zero-order valence-electron chi connectivity index (χ0n) is 10.4. The molecular formula is C14H19NO2. The summed E-state index contributed by atoms with van der Waals surface area (Å²) >= 11 is 0. The molecule has 1 fully saturated rings. The number of aliphatic carboxylic acids is 1. The molecule has 1 aliphatic rings. The third-order valence-electron chi connectivity index (χ3n) is 3.66. The Kier molecular flexibility index (Phi) is 3.48. The second kappa shape index (κ2) is 4.88. The number of hydrogen-bond acceptors (Lipinski definition) is 2. The van der Waals surface area contributed by atoms with Gasteiger partial charge in [-0.1, -0.05) is 31.2 Å². The van der Waals surface area contributed by atoms with Crippen molar-refractivity contribution in [3.63, 3.8) is 0 Å². The fourth-order valence-electron chi connectivity index (χ4n) is 2.55. The number of carboxylic acid groups (broad SMARTS) is 1. The average molecular weight is 233 g/mol. The molecule has 0 spiro atoms. The van der Waals surface area contributed by atoms with E-state index in [1.807, 2.05) is 19.1 Å². The van der Waals surface area contributed by atoms with Crippen LogP contribution in [0.25, 0.3) is 0 Å². The lowest BCUT2D eigenvalue weighted by Crippen LogP contribution is -2.23. The molecule has 17 heavy (non-hydrogen) atoms. The summed E-state index contributed by atoms with van der Waals surface area (Å²) < 4.78 is 0. The number of carboxylic acids is 1. The minimum absolute atomic E-state index is 0.209. The topological polar surface area (TPSA) is 40.5 Å². The summed E-state index contributed by atoms with van der Waals surface area (Å²) in [5, 5.41) is 9.10. The summed E-state index contributed by atoms with van der Waals surface area (Å²) in [5.41, 5.74) is 2.57. The first-order valence-corrected chi connectivity index (χ1v) is 6.07. The van der Waals surface area contributed by atoms with Gasteiger partial charge in [0.15, 0.2) is 0 Å². The first-order chi connectivity index (χ1) is 8.08. The van der Waals surface area contributed by atoms with Gasteiger partial charge in [0.05, 0.1) is 5.92 Å². The van der Waals surface area contributed by atoms with Crippen molar-refractivity contribution in [1.29, 1.82) is 0 Å². The fraction of sp³-hybridized carbons (Fsp3) is 0.500. The minimum Gasteiger partial charge on any atom is -0.481 e. The molecule has 1 heterocycles. The highest BCUT2D eigenvalue weighted by atomic mass is 16.4. The minimum atomic E-state index is -0.662. The van der Waals surface area contributed by atoms with Crippen LogP contribution in [0.15, 0.2) is 24.3 Å². The van der Waals surface area contributed by atoms with Gasteiger partial charge in [-0.15, -0.1) is 0 Å². The van der Waals surface area contributed by atoms with Crippen LogP contribution in [0, 0.1) is 18.8 Å². The van der Waals surface area contributed by atoms with Crippen LogP contribution in [0.4, 0.5) is 0 Å². The zero-order valence-corrected chi connectivity index (χ0v) is 10.4. The Hall–Kier alpha value is -1.35. The van der Waals surface area contributed by atoms with Gasteiger partial charge in [0.25, 0.3) is 0 Å². The van der Waals surface area contributed by atoms with Gasteiger partial charge in [-0.05, 0) is 24.0 Å². The Balaban J connectivity index is 2.03. The molecule has 2 atom stereocenters. The number of benzene rings is 1. The maximum Gasteiger partial charge on any atom is 0.308 e. The maximum atomic E-state index is 11.1. The van der Waals surface area contributed by atoms with Crippen LogP contribution in [0.5, 0.6) is 0 Å². The highest BCUT2D eigenvalue weighted by molar-refractivity contribution is 5.71. The van der Waals surface area contributed by atoms with E-state index in [4.69, 9.17) is 5.11 Å². The molecule has 3 heteroatoms. The molecule has 92 valence electrons. The Morgan fingerprint density at radius 3 is 2.71 bits per heavy atom. The summed E-state index contributed by atoms with van der Waals surface area (Å²) in [7, 11) is 0. The van der Waals surface area contributed by atoms with E-state index in [9.17, 15) is 4.79 Å². The molecule has 0 aliphatic carbocycles. The molecule has 0 radical (unpaired) electrons. The largest absolute Gasteiger partial charge is 0.481 e. The van der Waals surface area contributed by atoms with Crippen LogP contribution in [-0.4, -0.2) is 29.1 Å². The molecule has 1 saturated heterocycles. The Bertz CT molecular complexity index is 416. The first kappa shape index (κ1) is 12.1. The SMILES string of the molecule is Cc1ccccc1CN1C[C@@H](C)[C@H](C(=O)O)C1. The molecule has 0 aromatic heterocycles. The molecule has 0 bridgehead atoms. The van der Waals surface area contributed by atoms with Crippen molar-refractivity contribution in [2.75, 3.05) is 13.1 Å². The molecule has 2 rings (SSSR count). The van der Waals surface area contributed by atoms with E-state index >= 15 is 0 Å². The predicted octanol–water partition coefficient (Wildman–Crippen LogP) is 2.15. The van der Waals surface area contributed by atoms with Gasteiger partial charge in [-0.3, -0.25) is 9.69 Å². The molecule has 1 N–H and O–H groups in total. The van der Waals surface area contributed by atoms with Crippen molar-refractivity contribution in [2.45, 2.75) is 20.4 Å². The number of carbonyl (C=O) groups is 1. The Labute approximate surface area is 102 Å². The highest BCUT2D eigenvalue weighted by Crippen LogP contribution is 2.25. The Morgan fingerprint density at radius 2 is 2.12 bits per heavy atom. The van der Waals surface area contributed by atoms with Crippen molar-refractivity contribution in [3.05, 3.63) is 35.4 Å². The normalized spacial score (nSPS) is 25.1. The van der Waals surface area contributed by atoms with Crippen molar-refractivity contribution in [3.8, 4) is 0 Å². The van der Waals surface area contributed by atoms with Gasteiger partial charge in [-0.25, -0.2) is 0 Å². The van der Waals surface area contributed by atoms with Crippen LogP contribution in [0.2, 0.25) is 0 Å². The van der Waals surface area contributed by atoms with E-state index in [0.29, 0.717) is 6.54 Å². The number of rotatable bonds is 3. The molecule has 3 nitrogen and oxygen atoms in total. The smallest absolute Gasteiger partial charge is 0.308 e. The van der Waals surface area contributed by atoms with Crippen LogP contribution >= 0.6 is 0 Å². The van der Waals surface area contributed by atoms with Gasteiger partial charge < -0.3 is 5.11 Å². The number of nitrogens with zero attached hydrogens (tertiary/aromatic N) is 1. The van der Waals surface area contributed by atoms with Crippen molar-refractivity contribution >= 4 is 5.97 Å². The third kappa shape index (κ3) is 2.67. The first-order valence-electron chi connectivity index (χ1n) is 6.07. The quantitative estimate of drug-likeness (QED) is 0.869. The molecule has 0 amide bonds. The lowest BCUT2D eigenvalue weighted by molar-refractivity contribution is -0.142. The molecule has 1 aromatic rings. The van der Waals surface area contributed by atoms with Crippen LogP contribution < -0.4 is 0 Å². The number of hydrogen-bond donors (Lipinski definition) is 1. The predicted molar refractivity (Wildman–Crippen MR) is 66.7 cm³/mol. The van der Waals surface area contributed by atoms with E-state index in [1.54, 1.807) is 0 Å². The standard InChI is InChI=1S/C14H19NO2/c1-10-5-3-4-6-12(10)8-15-7-11(2)13(9-15)14(16)17/h3-6,11,13H,7-9H2,1-2H3,(H,16,17)/t11-,13-/m1/s1. The molecule has 1 aliphatic heterocycles. The van der Waals surface area contributed by atoms with Crippen LogP contribution in [0.3, 0.4) is 0 Å². The lowest BCUT2D eigenvalue weighted by atomic mass is 9.99. The molecular weight excluding hydrogens is 214 g/mol. The monoisotopic (exact) mass is 233 g/mol. The second-order valence-corrected chi connectivity index (χ2v) is 5.04. The van der Waals surface area contributed by atoms with Crippen molar-refractivity contribution < 1.29 is 9.90 Å². The highest BCUT2D eigenvalue weighted by Gasteiger charge is 2.34. The summed E-state index contributed by atoms with van der Waals surface area (Å²) in [5.74, 6) is -0.625. The van der Waals surface area contributed by atoms with E-state index in [-0.39, 0.29) is 11.8 Å². The van der Waals surface area contributed by atoms with Gasteiger partial charge >= 0.3 is 5.97 Å². The van der Waals surface area contributed by atoms with Crippen LogP contribution in [0.1, 0.15) is 18.1 Å². The summed E-state index contributed by atoms with van der Waals surface area (Å²) in [6, 6.07) is 8.29. The third-order valence-corrected chi connectivity index (χ3v) is 3.66. The summed E-state index contributed by atoms with van der Waals surface area (Å²) in [4.78, 5) is 13.3. The zero-order chi connectivity index (χ0) is 12.4. The fourth-order valence-corrected chi connectivity index (χ4v) is 2.55. The van der Waals surface area contributed by atoms with Gasteiger partial charge in [-0.2, -0.15) is 0 Å². The van der Waals surface area contributed by atoms with E-state index in [1.165, 1.54) is 11.1 Å². The average Bonchev–Trinajstić information content (AvgIpc) is 2.63. The van der Waals surface area contributed by atoms with E-state index < -0.39 is 5.97 Å². The van der Waals surface area contributed by atoms with Crippen LogP contribution in [-0.2, 0) is 11.3 Å². The summed E-state index contributed by atoms with van der Waals surface area (Å²) in [6.45, 7) is 6.54. The second-order valence-electron chi connectivity index (χ2n) is 5.04. The Morgan fingerprint density at radius 1 is 1.41 bits per heavy atom. The van der Waals surface area contributed by atoms with Crippen molar-refractivity contribution in [2.24, 2.45) is 11.8 Å². The van der Waals surface area contributed by atoms with Gasteiger partial charge in [0.1, 0.15) is 0 Å².